The van der Waals surface area contributed by atoms with E-state index >= 15 is 0 Å². The highest BCUT2D eigenvalue weighted by atomic mass is 32.2. The molecule has 3 nitrogen and oxygen atoms in total. The fraction of sp³-hybridized carbons (Fsp3) is 0.400. The zero-order chi connectivity index (χ0) is 10.4. The van der Waals surface area contributed by atoms with Gasteiger partial charge in [-0.2, -0.15) is 0 Å². The Morgan fingerprint density at radius 3 is 3.00 bits per heavy atom. The summed E-state index contributed by atoms with van der Waals surface area (Å²) in [7, 11) is 0. The molecule has 0 bridgehead atoms. The second-order valence-corrected chi connectivity index (χ2v) is 5.69. The molecule has 1 aliphatic carbocycles. The SMILES string of the molecule is CSc1nc2nc3c(c(N)c2s1)CCC3. The van der Waals surface area contributed by atoms with E-state index in [2.05, 4.69) is 9.97 Å². The number of thiazole rings is 1. The minimum atomic E-state index is 0.836. The first-order valence-electron chi connectivity index (χ1n) is 4.91. The van der Waals surface area contributed by atoms with Gasteiger partial charge in [0.05, 0.1) is 10.4 Å². The molecule has 0 amide bonds. The highest BCUT2D eigenvalue weighted by molar-refractivity contribution is 8.00. The van der Waals surface area contributed by atoms with Crippen LogP contribution in [0.3, 0.4) is 0 Å². The predicted octanol–water partition coefficient (Wildman–Crippen LogP) is 2.48. The molecule has 78 valence electrons. The number of thioether (sulfide) groups is 1. The topological polar surface area (TPSA) is 51.8 Å². The molecule has 5 heteroatoms. The number of aromatic nitrogens is 2. The quantitative estimate of drug-likeness (QED) is 0.774. The van der Waals surface area contributed by atoms with Crippen LogP contribution in [0.4, 0.5) is 5.69 Å². The first kappa shape index (κ1) is 9.42. The Bertz CT molecular complexity index is 533. The maximum absolute atomic E-state index is 6.16. The lowest BCUT2D eigenvalue weighted by atomic mass is 10.2. The highest BCUT2D eigenvalue weighted by Crippen LogP contribution is 2.36. The molecule has 1 aliphatic rings. The van der Waals surface area contributed by atoms with Gasteiger partial charge in [0.15, 0.2) is 9.99 Å². The third-order valence-electron chi connectivity index (χ3n) is 2.76. The first-order valence-corrected chi connectivity index (χ1v) is 6.95. The monoisotopic (exact) mass is 237 g/mol. The molecule has 2 aromatic rings. The van der Waals surface area contributed by atoms with Crippen LogP contribution in [0, 0.1) is 0 Å². The molecule has 2 aromatic heterocycles. The number of rotatable bonds is 1. The van der Waals surface area contributed by atoms with E-state index in [4.69, 9.17) is 5.73 Å². The molecule has 0 saturated carbocycles. The van der Waals surface area contributed by atoms with E-state index < -0.39 is 0 Å². The zero-order valence-electron chi connectivity index (χ0n) is 8.41. The Morgan fingerprint density at radius 1 is 1.33 bits per heavy atom. The van der Waals surface area contributed by atoms with Crippen molar-refractivity contribution in [1.82, 2.24) is 9.97 Å². The number of pyridine rings is 1. The minimum absolute atomic E-state index is 0.836. The van der Waals surface area contributed by atoms with Crippen LogP contribution in [-0.2, 0) is 12.8 Å². The molecule has 2 N–H and O–H groups in total. The van der Waals surface area contributed by atoms with Gasteiger partial charge in [-0.15, -0.1) is 11.3 Å². The van der Waals surface area contributed by atoms with Gasteiger partial charge in [-0.05, 0) is 31.1 Å². The Balaban J connectivity index is 2.33. The molecular formula is C10H11N3S2. The summed E-state index contributed by atoms with van der Waals surface area (Å²) in [6.45, 7) is 0. The molecule has 0 spiro atoms. The average Bonchev–Trinajstić information content (AvgIpc) is 2.83. The van der Waals surface area contributed by atoms with Crippen LogP contribution in [0.2, 0.25) is 0 Å². The van der Waals surface area contributed by atoms with Crippen LogP contribution in [0.15, 0.2) is 4.34 Å². The summed E-state index contributed by atoms with van der Waals surface area (Å²) in [5, 5.41) is 0. The lowest BCUT2D eigenvalue weighted by molar-refractivity contribution is 0.900. The van der Waals surface area contributed by atoms with Gasteiger partial charge < -0.3 is 5.73 Å². The van der Waals surface area contributed by atoms with Crippen molar-refractivity contribution in [2.24, 2.45) is 0 Å². The van der Waals surface area contributed by atoms with E-state index in [1.54, 1.807) is 23.1 Å². The van der Waals surface area contributed by atoms with Crippen molar-refractivity contribution in [2.45, 2.75) is 23.6 Å². The number of nitrogens with zero attached hydrogens (tertiary/aromatic N) is 2. The Hall–Kier alpha value is -0.810. The van der Waals surface area contributed by atoms with Crippen LogP contribution in [-0.4, -0.2) is 16.2 Å². The normalized spacial score (nSPS) is 14.7. The molecule has 0 unspecified atom stereocenters. The maximum Gasteiger partial charge on any atom is 0.173 e. The summed E-state index contributed by atoms with van der Waals surface area (Å²) < 4.78 is 2.12. The van der Waals surface area contributed by atoms with Gasteiger partial charge >= 0.3 is 0 Å². The maximum atomic E-state index is 6.16. The lowest BCUT2D eigenvalue weighted by Crippen LogP contribution is -1.96. The average molecular weight is 237 g/mol. The Morgan fingerprint density at radius 2 is 2.20 bits per heavy atom. The molecule has 0 aliphatic heterocycles. The van der Waals surface area contributed by atoms with E-state index in [9.17, 15) is 0 Å². The van der Waals surface area contributed by atoms with Crippen LogP contribution in [0.5, 0.6) is 0 Å². The molecular weight excluding hydrogens is 226 g/mol. The third-order valence-corrected chi connectivity index (χ3v) is 4.83. The number of aryl methyl sites for hydroxylation is 1. The van der Waals surface area contributed by atoms with Gasteiger partial charge in [-0.1, -0.05) is 11.8 Å². The fourth-order valence-corrected chi connectivity index (χ4v) is 3.52. The van der Waals surface area contributed by atoms with Crippen molar-refractivity contribution in [1.29, 1.82) is 0 Å². The number of anilines is 1. The minimum Gasteiger partial charge on any atom is -0.397 e. The summed E-state index contributed by atoms with van der Waals surface area (Å²) >= 11 is 3.31. The highest BCUT2D eigenvalue weighted by Gasteiger charge is 2.19. The number of nitrogens with two attached hydrogens (primary N) is 1. The van der Waals surface area contributed by atoms with Gasteiger partial charge in [0.1, 0.15) is 0 Å². The second kappa shape index (κ2) is 3.35. The first-order chi connectivity index (χ1) is 7.29. The summed E-state index contributed by atoms with van der Waals surface area (Å²) in [5.41, 5.74) is 10.3. The molecule has 0 fully saturated rings. The van der Waals surface area contributed by atoms with E-state index in [1.807, 2.05) is 6.26 Å². The number of hydrogen-bond donors (Lipinski definition) is 1. The fourth-order valence-electron chi connectivity index (χ4n) is 2.04. The smallest absolute Gasteiger partial charge is 0.173 e. The standard InChI is InChI=1S/C10H11N3S2/c1-14-10-13-9-8(15-10)7(11)5-3-2-4-6(5)12-9/h2-4H2,1H3,(H2,11,12). The molecule has 0 radical (unpaired) electrons. The van der Waals surface area contributed by atoms with E-state index in [0.717, 1.165) is 38.9 Å². The number of fused-ring (bicyclic) bond motifs is 2. The largest absolute Gasteiger partial charge is 0.397 e. The van der Waals surface area contributed by atoms with E-state index in [-0.39, 0.29) is 0 Å². The van der Waals surface area contributed by atoms with Crippen molar-refractivity contribution in [3.63, 3.8) is 0 Å². The molecule has 3 rings (SSSR count). The van der Waals surface area contributed by atoms with Crippen LogP contribution >= 0.6 is 23.1 Å². The molecule has 0 atom stereocenters. The van der Waals surface area contributed by atoms with Crippen molar-refractivity contribution >= 4 is 39.1 Å². The van der Waals surface area contributed by atoms with Crippen LogP contribution < -0.4 is 5.73 Å². The van der Waals surface area contributed by atoms with Crippen molar-refractivity contribution in [3.8, 4) is 0 Å². The molecule has 0 aromatic carbocycles. The van der Waals surface area contributed by atoms with E-state index in [1.165, 1.54) is 12.0 Å². The predicted molar refractivity (Wildman–Crippen MR) is 65.6 cm³/mol. The molecule has 2 heterocycles. The summed E-state index contributed by atoms with van der Waals surface area (Å²) in [6, 6.07) is 0. The van der Waals surface area contributed by atoms with Crippen molar-refractivity contribution in [3.05, 3.63) is 11.3 Å². The van der Waals surface area contributed by atoms with Crippen molar-refractivity contribution < 1.29 is 0 Å². The lowest BCUT2D eigenvalue weighted by Gasteiger charge is -2.02. The molecule has 15 heavy (non-hydrogen) atoms. The van der Waals surface area contributed by atoms with Gasteiger partial charge in [0.2, 0.25) is 0 Å². The Kier molecular flexibility index (Phi) is 2.10. The second-order valence-electron chi connectivity index (χ2n) is 3.64. The third kappa shape index (κ3) is 1.33. The molecule has 0 saturated heterocycles. The number of nitrogen functional groups attached to an aromatic ring is 1. The van der Waals surface area contributed by atoms with Crippen molar-refractivity contribution in [2.75, 3.05) is 12.0 Å². The van der Waals surface area contributed by atoms with Crippen LogP contribution in [0.25, 0.3) is 10.3 Å². The van der Waals surface area contributed by atoms with Gasteiger partial charge in [-0.25, -0.2) is 9.97 Å². The number of hydrogen-bond acceptors (Lipinski definition) is 5. The van der Waals surface area contributed by atoms with Crippen LogP contribution in [0.1, 0.15) is 17.7 Å². The Labute approximate surface area is 96.1 Å². The zero-order valence-corrected chi connectivity index (χ0v) is 10.0. The van der Waals surface area contributed by atoms with Gasteiger partial charge in [-0.3, -0.25) is 0 Å². The summed E-state index contributed by atoms with van der Waals surface area (Å²) in [5.74, 6) is 0. The van der Waals surface area contributed by atoms with E-state index in [0.29, 0.717) is 0 Å². The van der Waals surface area contributed by atoms with Gasteiger partial charge in [0, 0.05) is 5.69 Å². The van der Waals surface area contributed by atoms with Gasteiger partial charge in [0.25, 0.3) is 0 Å². The summed E-state index contributed by atoms with van der Waals surface area (Å²) in [4.78, 5) is 9.05. The summed E-state index contributed by atoms with van der Waals surface area (Å²) in [6.07, 6.45) is 5.35.